The van der Waals surface area contributed by atoms with Crippen LogP contribution in [0.3, 0.4) is 0 Å². The Bertz CT molecular complexity index is 311. The van der Waals surface area contributed by atoms with Gasteiger partial charge in [0.05, 0.1) is 12.7 Å². The molecule has 1 fully saturated rings. The molecule has 82 valence electrons. The molecule has 1 saturated heterocycles. The molecule has 0 radical (unpaired) electrons. The number of hydrogen-bond acceptors (Lipinski definition) is 3. The first-order chi connectivity index (χ1) is 7.16. The summed E-state index contributed by atoms with van der Waals surface area (Å²) >= 11 is 1.81. The Morgan fingerprint density at radius 2 is 2.07 bits per heavy atom. The van der Waals surface area contributed by atoms with Gasteiger partial charge in [-0.25, -0.2) is 0 Å². The average Bonchev–Trinajstić information content (AvgIpc) is 2.57. The standard InChI is InChI=1S/C12H16O2S/c1-12(2)13-8-10(14-12)9-15-11-6-4-3-5-7-11/h3-7,10H,8-9H2,1-2H3/t10-/m1/s1. The third-order valence-corrected chi connectivity index (χ3v) is 3.39. The van der Waals surface area contributed by atoms with Gasteiger partial charge in [0.25, 0.3) is 0 Å². The lowest BCUT2D eigenvalue weighted by Crippen LogP contribution is -2.22. The maximum Gasteiger partial charge on any atom is 0.163 e. The van der Waals surface area contributed by atoms with E-state index in [9.17, 15) is 0 Å². The fraction of sp³-hybridized carbons (Fsp3) is 0.500. The summed E-state index contributed by atoms with van der Waals surface area (Å²) in [7, 11) is 0. The van der Waals surface area contributed by atoms with Crippen molar-refractivity contribution in [3.8, 4) is 0 Å². The molecule has 0 aliphatic carbocycles. The van der Waals surface area contributed by atoms with E-state index in [-0.39, 0.29) is 6.10 Å². The summed E-state index contributed by atoms with van der Waals surface area (Å²) in [6.07, 6.45) is 0.213. The second-order valence-electron chi connectivity index (χ2n) is 4.07. The predicted molar refractivity (Wildman–Crippen MR) is 62.1 cm³/mol. The highest BCUT2D eigenvalue weighted by molar-refractivity contribution is 7.99. The third-order valence-electron chi connectivity index (χ3n) is 2.25. The first-order valence-corrected chi connectivity index (χ1v) is 6.14. The summed E-state index contributed by atoms with van der Waals surface area (Å²) < 4.78 is 11.2. The molecule has 0 spiro atoms. The average molecular weight is 224 g/mol. The van der Waals surface area contributed by atoms with Crippen LogP contribution < -0.4 is 0 Å². The molecule has 2 rings (SSSR count). The van der Waals surface area contributed by atoms with Gasteiger partial charge in [-0.2, -0.15) is 0 Å². The number of ether oxygens (including phenoxy) is 2. The molecule has 0 bridgehead atoms. The normalized spacial score (nSPS) is 24.3. The molecule has 3 heteroatoms. The fourth-order valence-corrected chi connectivity index (χ4v) is 2.44. The lowest BCUT2D eigenvalue weighted by atomic mass is 10.4. The van der Waals surface area contributed by atoms with Crippen molar-refractivity contribution in [1.29, 1.82) is 0 Å². The zero-order valence-electron chi connectivity index (χ0n) is 9.10. The summed E-state index contributed by atoms with van der Waals surface area (Å²) in [5.41, 5.74) is 0. The van der Waals surface area contributed by atoms with Crippen molar-refractivity contribution in [2.45, 2.75) is 30.6 Å². The van der Waals surface area contributed by atoms with E-state index in [0.29, 0.717) is 6.61 Å². The third kappa shape index (κ3) is 3.23. The van der Waals surface area contributed by atoms with Crippen molar-refractivity contribution in [2.24, 2.45) is 0 Å². The van der Waals surface area contributed by atoms with Gasteiger partial charge in [0.1, 0.15) is 0 Å². The molecule has 0 aromatic heterocycles. The van der Waals surface area contributed by atoms with E-state index in [4.69, 9.17) is 9.47 Å². The fourth-order valence-electron chi connectivity index (χ4n) is 1.55. The van der Waals surface area contributed by atoms with Gasteiger partial charge in [-0.05, 0) is 26.0 Å². The van der Waals surface area contributed by atoms with E-state index in [0.717, 1.165) is 5.75 Å². The summed E-state index contributed by atoms with van der Waals surface area (Å²) in [5, 5.41) is 0. The molecular formula is C12H16O2S. The topological polar surface area (TPSA) is 18.5 Å². The molecule has 15 heavy (non-hydrogen) atoms. The highest BCUT2D eigenvalue weighted by atomic mass is 32.2. The minimum absolute atomic E-state index is 0.213. The van der Waals surface area contributed by atoms with Crippen molar-refractivity contribution in [1.82, 2.24) is 0 Å². The van der Waals surface area contributed by atoms with Crippen LogP contribution in [0.2, 0.25) is 0 Å². The molecule has 2 nitrogen and oxygen atoms in total. The molecule has 1 aromatic carbocycles. The Labute approximate surface area is 95.0 Å². The largest absolute Gasteiger partial charge is 0.348 e. The van der Waals surface area contributed by atoms with Crippen LogP contribution in [0.4, 0.5) is 0 Å². The lowest BCUT2D eigenvalue weighted by Gasteiger charge is -2.16. The molecule has 1 aliphatic rings. The maximum atomic E-state index is 5.73. The SMILES string of the molecule is CC1(C)OC[C@H](CSc2ccccc2)O1. The predicted octanol–water partition coefficient (Wildman–Crippen LogP) is 2.93. The smallest absolute Gasteiger partial charge is 0.163 e. The van der Waals surface area contributed by atoms with E-state index in [2.05, 4.69) is 24.3 Å². The van der Waals surface area contributed by atoms with Gasteiger partial charge in [0, 0.05) is 10.6 Å². The second-order valence-corrected chi connectivity index (χ2v) is 5.17. The lowest BCUT2D eigenvalue weighted by molar-refractivity contribution is -0.135. The second kappa shape index (κ2) is 4.56. The Morgan fingerprint density at radius 3 is 2.67 bits per heavy atom. The van der Waals surface area contributed by atoms with E-state index in [1.54, 1.807) is 0 Å². The highest BCUT2D eigenvalue weighted by Gasteiger charge is 2.32. The number of benzene rings is 1. The summed E-state index contributed by atoms with van der Waals surface area (Å²) in [6, 6.07) is 10.4. The molecule has 1 heterocycles. The van der Waals surface area contributed by atoms with Crippen molar-refractivity contribution in [2.75, 3.05) is 12.4 Å². The van der Waals surface area contributed by atoms with Crippen molar-refractivity contribution in [3.63, 3.8) is 0 Å². The van der Waals surface area contributed by atoms with E-state index in [1.807, 2.05) is 31.7 Å². The Kier molecular flexibility index (Phi) is 3.34. The molecule has 1 atom stereocenters. The van der Waals surface area contributed by atoms with Gasteiger partial charge in [-0.15, -0.1) is 11.8 Å². The van der Waals surface area contributed by atoms with Gasteiger partial charge >= 0.3 is 0 Å². The van der Waals surface area contributed by atoms with Crippen LogP contribution in [0.15, 0.2) is 35.2 Å². The summed E-state index contributed by atoms with van der Waals surface area (Å²) in [6.45, 7) is 4.62. The highest BCUT2D eigenvalue weighted by Crippen LogP contribution is 2.27. The number of thioether (sulfide) groups is 1. The molecule has 0 N–H and O–H groups in total. The van der Waals surface area contributed by atoms with Gasteiger partial charge in [-0.1, -0.05) is 18.2 Å². The van der Waals surface area contributed by atoms with Gasteiger partial charge < -0.3 is 9.47 Å². The van der Waals surface area contributed by atoms with Gasteiger partial charge in [-0.3, -0.25) is 0 Å². The molecule has 0 saturated carbocycles. The van der Waals surface area contributed by atoms with Crippen LogP contribution in [-0.4, -0.2) is 24.3 Å². The van der Waals surface area contributed by atoms with Crippen molar-refractivity contribution in [3.05, 3.63) is 30.3 Å². The van der Waals surface area contributed by atoms with E-state index in [1.165, 1.54) is 4.90 Å². The van der Waals surface area contributed by atoms with Crippen LogP contribution in [-0.2, 0) is 9.47 Å². The maximum absolute atomic E-state index is 5.73. The Hall–Kier alpha value is -0.510. The monoisotopic (exact) mass is 224 g/mol. The quantitative estimate of drug-likeness (QED) is 0.735. The summed E-state index contributed by atoms with van der Waals surface area (Å²) in [4.78, 5) is 1.28. The molecule has 1 aromatic rings. The van der Waals surface area contributed by atoms with E-state index >= 15 is 0 Å². The first-order valence-electron chi connectivity index (χ1n) is 5.15. The first kappa shape index (κ1) is 11.0. The van der Waals surface area contributed by atoms with Gasteiger partial charge in [0.15, 0.2) is 5.79 Å². The minimum atomic E-state index is -0.401. The minimum Gasteiger partial charge on any atom is -0.348 e. The van der Waals surface area contributed by atoms with E-state index < -0.39 is 5.79 Å². The van der Waals surface area contributed by atoms with Gasteiger partial charge in [0.2, 0.25) is 0 Å². The molecule has 0 amide bonds. The zero-order valence-corrected chi connectivity index (χ0v) is 9.92. The van der Waals surface area contributed by atoms with Crippen LogP contribution >= 0.6 is 11.8 Å². The number of hydrogen-bond donors (Lipinski definition) is 0. The van der Waals surface area contributed by atoms with Crippen LogP contribution in [0, 0.1) is 0 Å². The van der Waals surface area contributed by atoms with Crippen molar-refractivity contribution >= 4 is 11.8 Å². The zero-order chi connectivity index (χ0) is 10.7. The van der Waals surface area contributed by atoms with Crippen LogP contribution in [0.1, 0.15) is 13.8 Å². The molecule has 0 unspecified atom stereocenters. The van der Waals surface area contributed by atoms with Crippen LogP contribution in [0.25, 0.3) is 0 Å². The van der Waals surface area contributed by atoms with Crippen molar-refractivity contribution < 1.29 is 9.47 Å². The van der Waals surface area contributed by atoms with Crippen LogP contribution in [0.5, 0.6) is 0 Å². The number of rotatable bonds is 3. The Balaban J connectivity index is 1.80. The molecule has 1 aliphatic heterocycles. The molecular weight excluding hydrogens is 208 g/mol. The Morgan fingerprint density at radius 1 is 1.33 bits per heavy atom. The summed E-state index contributed by atoms with van der Waals surface area (Å²) in [5.74, 6) is 0.551.